The Morgan fingerprint density at radius 3 is 2.78 bits per heavy atom. The van der Waals surface area contributed by atoms with Crippen LogP contribution in [0, 0.1) is 5.92 Å². The summed E-state index contributed by atoms with van der Waals surface area (Å²) in [5.74, 6) is 0.413. The van der Waals surface area contributed by atoms with Gasteiger partial charge in [-0.05, 0) is 46.0 Å². The highest BCUT2D eigenvalue weighted by Crippen LogP contribution is 2.21. The molecule has 1 unspecified atom stereocenters. The van der Waals surface area contributed by atoms with Gasteiger partial charge in [-0.15, -0.1) is 0 Å². The van der Waals surface area contributed by atoms with Gasteiger partial charge in [-0.25, -0.2) is 4.79 Å². The molecule has 1 aliphatic heterocycles. The van der Waals surface area contributed by atoms with E-state index < -0.39 is 17.5 Å². The first-order valence-corrected chi connectivity index (χ1v) is 7.34. The van der Waals surface area contributed by atoms with E-state index in [2.05, 4.69) is 4.40 Å². The summed E-state index contributed by atoms with van der Waals surface area (Å²) in [5.41, 5.74) is 0. The van der Waals surface area contributed by atoms with Crippen molar-refractivity contribution in [3.63, 3.8) is 0 Å². The highest BCUT2D eigenvalue weighted by atomic mass is 32.2. The molecule has 0 aliphatic carbocycles. The Morgan fingerprint density at radius 1 is 1.61 bits per heavy atom. The Hall–Kier alpha value is -0.750. The second-order valence-electron chi connectivity index (χ2n) is 5.61. The van der Waals surface area contributed by atoms with Gasteiger partial charge < -0.3 is 14.6 Å². The summed E-state index contributed by atoms with van der Waals surface area (Å²) < 4.78 is 15.3. The fraction of sp³-hybridized carbons (Fsp3) is 0.833. The molecule has 0 aromatic carbocycles. The molecule has 18 heavy (non-hydrogen) atoms. The minimum Gasteiger partial charge on any atom is -0.591 e. The Bertz CT molecular complexity index is 315. The van der Waals surface area contributed by atoms with Crippen LogP contribution < -0.4 is 0 Å². The van der Waals surface area contributed by atoms with E-state index in [-0.39, 0.29) is 4.75 Å². The lowest BCUT2D eigenvalue weighted by molar-refractivity contribution is 0.154. The molecule has 1 rings (SSSR count). The molecule has 104 valence electrons. The summed E-state index contributed by atoms with van der Waals surface area (Å²) in [5, 5.41) is 8.82. The van der Waals surface area contributed by atoms with Crippen LogP contribution in [0.3, 0.4) is 0 Å². The van der Waals surface area contributed by atoms with E-state index in [1.54, 1.807) is 6.21 Å². The molecule has 1 N–H and O–H groups in total. The Labute approximate surface area is 112 Å². The van der Waals surface area contributed by atoms with Gasteiger partial charge in [0.15, 0.2) is 0 Å². The number of carbonyl (C=O) groups is 1. The molecular formula is C12H22N2O3S. The monoisotopic (exact) mass is 274 g/mol. The summed E-state index contributed by atoms with van der Waals surface area (Å²) in [6.45, 7) is 6.92. The maximum atomic E-state index is 11.6. The van der Waals surface area contributed by atoms with Crippen molar-refractivity contribution in [2.45, 2.75) is 44.8 Å². The van der Waals surface area contributed by atoms with Gasteiger partial charge >= 0.3 is 6.09 Å². The number of hydrogen-bond donors (Lipinski definition) is 1. The summed E-state index contributed by atoms with van der Waals surface area (Å²) in [6, 6.07) is 0. The normalized spacial score (nSPS) is 22.7. The molecule has 0 spiro atoms. The van der Waals surface area contributed by atoms with Crippen LogP contribution in [0.4, 0.5) is 4.79 Å². The van der Waals surface area contributed by atoms with Crippen LogP contribution in [0.25, 0.3) is 0 Å². The van der Waals surface area contributed by atoms with Crippen LogP contribution in [0.5, 0.6) is 0 Å². The fourth-order valence-electron chi connectivity index (χ4n) is 1.83. The first-order chi connectivity index (χ1) is 8.30. The van der Waals surface area contributed by atoms with Crippen molar-refractivity contribution in [1.29, 1.82) is 0 Å². The maximum absolute atomic E-state index is 11.6. The predicted molar refractivity (Wildman–Crippen MR) is 73.3 cm³/mol. The van der Waals surface area contributed by atoms with Crippen molar-refractivity contribution in [1.82, 2.24) is 4.90 Å². The van der Waals surface area contributed by atoms with Crippen LogP contribution in [0.1, 0.15) is 40.0 Å². The average molecular weight is 274 g/mol. The van der Waals surface area contributed by atoms with Crippen LogP contribution in [-0.2, 0) is 11.4 Å². The zero-order valence-corrected chi connectivity index (χ0v) is 12.1. The van der Waals surface area contributed by atoms with Gasteiger partial charge in [0.1, 0.15) is 16.1 Å². The SMILES string of the molecule is CC(C)(C)[S+]([O-])N=CCC[C@H]1CCN(C(=O)O)C1. The molecule has 0 aromatic heterocycles. The highest BCUT2D eigenvalue weighted by Gasteiger charge is 2.26. The van der Waals surface area contributed by atoms with Crippen molar-refractivity contribution in [2.75, 3.05) is 13.1 Å². The number of amides is 1. The zero-order valence-electron chi connectivity index (χ0n) is 11.3. The Balaban J connectivity index is 2.23. The highest BCUT2D eigenvalue weighted by molar-refractivity contribution is 7.91. The van der Waals surface area contributed by atoms with E-state index in [1.165, 1.54) is 4.90 Å². The number of nitrogens with zero attached hydrogens (tertiary/aromatic N) is 2. The van der Waals surface area contributed by atoms with Crippen molar-refractivity contribution >= 4 is 23.7 Å². The molecule has 0 radical (unpaired) electrons. The van der Waals surface area contributed by atoms with Gasteiger partial charge in [0.2, 0.25) is 0 Å². The lowest BCUT2D eigenvalue weighted by Crippen LogP contribution is -2.26. The smallest absolute Gasteiger partial charge is 0.407 e. The van der Waals surface area contributed by atoms with Gasteiger partial charge in [0.25, 0.3) is 0 Å². The minimum absolute atomic E-state index is 0.316. The molecule has 0 bridgehead atoms. The summed E-state index contributed by atoms with van der Waals surface area (Å²) in [4.78, 5) is 12.2. The van der Waals surface area contributed by atoms with Crippen molar-refractivity contribution < 1.29 is 14.5 Å². The molecule has 1 fully saturated rings. The summed E-state index contributed by atoms with van der Waals surface area (Å²) >= 11 is -1.19. The van der Waals surface area contributed by atoms with E-state index in [0.29, 0.717) is 19.0 Å². The van der Waals surface area contributed by atoms with Crippen molar-refractivity contribution in [2.24, 2.45) is 10.3 Å². The first-order valence-electron chi connectivity index (χ1n) is 6.23. The lowest BCUT2D eigenvalue weighted by Gasteiger charge is -2.17. The Kier molecular flexibility index (Phi) is 5.47. The third kappa shape index (κ3) is 4.86. The molecule has 1 amide bonds. The molecule has 0 aromatic rings. The topological polar surface area (TPSA) is 76.0 Å². The number of carboxylic acid groups (broad SMARTS) is 1. The van der Waals surface area contributed by atoms with E-state index >= 15 is 0 Å². The van der Waals surface area contributed by atoms with Gasteiger partial charge in [0.05, 0.1) is 6.21 Å². The first kappa shape index (κ1) is 15.3. The van der Waals surface area contributed by atoms with Gasteiger partial charge in [0, 0.05) is 13.1 Å². The van der Waals surface area contributed by atoms with Crippen LogP contribution in [0.15, 0.2) is 4.40 Å². The standard InChI is InChI=1S/C12H22N2O3S/c1-12(2,3)18(17)13-7-4-5-10-6-8-14(9-10)11(15)16/h7,10H,4-6,8-9H2,1-3H3,(H,15,16)/t10-,18?/m0/s1. The van der Waals surface area contributed by atoms with Crippen LogP contribution in [-0.4, -0.2) is 44.7 Å². The largest absolute Gasteiger partial charge is 0.591 e. The third-order valence-electron chi connectivity index (χ3n) is 2.95. The van der Waals surface area contributed by atoms with Crippen molar-refractivity contribution in [3.8, 4) is 0 Å². The zero-order chi connectivity index (χ0) is 13.8. The number of likely N-dealkylation sites (tertiary alicyclic amines) is 1. The van der Waals surface area contributed by atoms with E-state index in [9.17, 15) is 9.35 Å². The van der Waals surface area contributed by atoms with E-state index in [1.807, 2.05) is 20.8 Å². The Morgan fingerprint density at radius 2 is 2.28 bits per heavy atom. The average Bonchev–Trinajstić information content (AvgIpc) is 2.71. The molecule has 0 saturated carbocycles. The van der Waals surface area contributed by atoms with Crippen LogP contribution in [0.2, 0.25) is 0 Å². The number of hydrogen-bond acceptors (Lipinski definition) is 3. The van der Waals surface area contributed by atoms with Gasteiger partial charge in [-0.1, -0.05) is 4.40 Å². The van der Waals surface area contributed by atoms with Gasteiger partial charge in [-0.2, -0.15) is 0 Å². The molecule has 5 nitrogen and oxygen atoms in total. The maximum Gasteiger partial charge on any atom is 0.407 e. The summed E-state index contributed by atoms with van der Waals surface area (Å²) in [7, 11) is 0. The fourth-order valence-corrected chi connectivity index (χ4v) is 2.39. The van der Waals surface area contributed by atoms with Crippen molar-refractivity contribution in [3.05, 3.63) is 0 Å². The number of rotatable bonds is 4. The molecule has 1 saturated heterocycles. The van der Waals surface area contributed by atoms with Gasteiger partial charge in [-0.3, -0.25) is 0 Å². The molecule has 1 aliphatic rings. The molecule has 2 atom stereocenters. The summed E-state index contributed by atoms with van der Waals surface area (Å²) in [6.07, 6.45) is 3.47. The quantitative estimate of drug-likeness (QED) is 0.631. The molecular weight excluding hydrogens is 252 g/mol. The third-order valence-corrected chi connectivity index (χ3v) is 4.34. The lowest BCUT2D eigenvalue weighted by atomic mass is 10.0. The predicted octanol–water partition coefficient (Wildman–Crippen LogP) is 2.30. The second-order valence-corrected chi connectivity index (χ2v) is 7.54. The minimum atomic E-state index is -1.19. The van der Waals surface area contributed by atoms with E-state index in [0.717, 1.165) is 19.3 Å². The van der Waals surface area contributed by atoms with Crippen LogP contribution >= 0.6 is 0 Å². The van der Waals surface area contributed by atoms with E-state index in [4.69, 9.17) is 5.11 Å². The second kappa shape index (κ2) is 6.43. The molecule has 1 heterocycles. The molecule has 6 heteroatoms.